The molecule has 5 nitrogen and oxygen atoms in total. The van der Waals surface area contributed by atoms with Crippen molar-refractivity contribution in [2.75, 3.05) is 5.32 Å². The maximum Gasteiger partial charge on any atom is 0.261 e. The number of carbonyl (C=O) groups excluding carboxylic acids is 3. The number of hydrogen-bond donors (Lipinski definition) is 1. The zero-order chi connectivity index (χ0) is 19.7. The van der Waals surface area contributed by atoms with E-state index in [0.29, 0.717) is 5.69 Å². The van der Waals surface area contributed by atoms with Crippen molar-refractivity contribution in [3.63, 3.8) is 0 Å². The zero-order valence-electron chi connectivity index (χ0n) is 14.7. The van der Waals surface area contributed by atoms with Crippen LogP contribution in [0.3, 0.4) is 0 Å². The number of imide groups is 1. The molecule has 0 aliphatic carbocycles. The normalized spacial score (nSPS) is 12.8. The molecule has 0 saturated carbocycles. The van der Waals surface area contributed by atoms with Crippen LogP contribution in [0.2, 0.25) is 0 Å². The summed E-state index contributed by atoms with van der Waals surface area (Å²) in [6.07, 6.45) is 0. The van der Waals surface area contributed by atoms with Crippen molar-refractivity contribution in [3.8, 4) is 0 Å². The molecule has 0 saturated heterocycles. The lowest BCUT2D eigenvalue weighted by Crippen LogP contribution is -2.29. The maximum absolute atomic E-state index is 13.3. The van der Waals surface area contributed by atoms with Crippen molar-refractivity contribution in [3.05, 3.63) is 101 Å². The van der Waals surface area contributed by atoms with Gasteiger partial charge in [0.1, 0.15) is 5.82 Å². The minimum atomic E-state index is -0.491. The number of carbonyl (C=O) groups is 3. The summed E-state index contributed by atoms with van der Waals surface area (Å²) in [5, 5.41) is 2.58. The summed E-state index contributed by atoms with van der Waals surface area (Å²) >= 11 is 0. The van der Waals surface area contributed by atoms with Gasteiger partial charge in [-0.2, -0.15) is 0 Å². The van der Waals surface area contributed by atoms with E-state index in [1.54, 1.807) is 6.07 Å². The molecule has 0 radical (unpaired) electrons. The topological polar surface area (TPSA) is 66.5 Å². The fraction of sp³-hybridized carbons (Fsp3) is 0.0455. The first-order valence-electron chi connectivity index (χ1n) is 8.64. The first kappa shape index (κ1) is 17.6. The van der Waals surface area contributed by atoms with Crippen molar-refractivity contribution < 1.29 is 18.8 Å². The Balaban J connectivity index is 1.57. The van der Waals surface area contributed by atoms with Crippen LogP contribution in [-0.4, -0.2) is 22.6 Å². The Morgan fingerprint density at radius 1 is 0.857 bits per heavy atom. The zero-order valence-corrected chi connectivity index (χ0v) is 14.7. The molecule has 4 rings (SSSR count). The molecule has 1 heterocycles. The Morgan fingerprint density at radius 2 is 1.61 bits per heavy atom. The summed E-state index contributed by atoms with van der Waals surface area (Å²) in [5.74, 6) is -1.79. The number of amides is 3. The maximum atomic E-state index is 13.3. The van der Waals surface area contributed by atoms with Gasteiger partial charge in [0, 0.05) is 11.3 Å². The highest BCUT2D eigenvalue weighted by atomic mass is 19.1. The molecule has 3 aromatic carbocycles. The molecule has 6 heteroatoms. The van der Waals surface area contributed by atoms with Gasteiger partial charge in [-0.25, -0.2) is 4.39 Å². The Kier molecular flexibility index (Phi) is 4.45. The van der Waals surface area contributed by atoms with E-state index in [4.69, 9.17) is 0 Å². The van der Waals surface area contributed by atoms with Gasteiger partial charge in [-0.1, -0.05) is 36.4 Å². The van der Waals surface area contributed by atoms with Crippen molar-refractivity contribution >= 4 is 23.4 Å². The average Bonchev–Trinajstić information content (AvgIpc) is 2.93. The van der Waals surface area contributed by atoms with E-state index in [1.807, 2.05) is 30.3 Å². The smallest absolute Gasteiger partial charge is 0.261 e. The van der Waals surface area contributed by atoms with Crippen LogP contribution < -0.4 is 5.32 Å². The van der Waals surface area contributed by atoms with Crippen molar-refractivity contribution in [1.82, 2.24) is 4.90 Å². The summed E-state index contributed by atoms with van der Waals surface area (Å²) in [7, 11) is 0. The highest BCUT2D eigenvalue weighted by Gasteiger charge is 2.35. The quantitative estimate of drug-likeness (QED) is 0.705. The van der Waals surface area contributed by atoms with Crippen molar-refractivity contribution in [1.29, 1.82) is 0 Å². The fourth-order valence-electron chi connectivity index (χ4n) is 3.11. The average molecular weight is 374 g/mol. The van der Waals surface area contributed by atoms with Gasteiger partial charge in [0.15, 0.2) is 0 Å². The van der Waals surface area contributed by atoms with E-state index in [0.717, 1.165) is 10.5 Å². The van der Waals surface area contributed by atoms with Gasteiger partial charge in [0.25, 0.3) is 17.7 Å². The molecule has 0 atom stereocenters. The number of benzene rings is 3. The van der Waals surface area contributed by atoms with Crippen LogP contribution in [0.25, 0.3) is 0 Å². The molecule has 0 unspecified atom stereocenters. The molecule has 3 aromatic rings. The SMILES string of the molecule is O=C(Nc1cccc(F)c1)c1ccc2c(c1)C(=O)N(Cc1ccccc1)C2=O. The Hall–Kier alpha value is -3.80. The first-order valence-corrected chi connectivity index (χ1v) is 8.64. The summed E-state index contributed by atoms with van der Waals surface area (Å²) < 4.78 is 13.3. The Bertz CT molecular complexity index is 1100. The van der Waals surface area contributed by atoms with Gasteiger partial charge < -0.3 is 5.32 Å². The fourth-order valence-corrected chi connectivity index (χ4v) is 3.11. The molecule has 138 valence electrons. The molecule has 3 amide bonds. The van der Waals surface area contributed by atoms with Crippen LogP contribution in [-0.2, 0) is 6.54 Å². The van der Waals surface area contributed by atoms with Crippen molar-refractivity contribution in [2.24, 2.45) is 0 Å². The monoisotopic (exact) mass is 374 g/mol. The minimum absolute atomic E-state index is 0.165. The molecular formula is C22H15FN2O3. The lowest BCUT2D eigenvalue weighted by Gasteiger charge is -2.13. The van der Waals surface area contributed by atoms with Crippen LogP contribution in [0.1, 0.15) is 36.6 Å². The number of halogens is 1. The van der Waals surface area contributed by atoms with Crippen LogP contribution in [0.4, 0.5) is 10.1 Å². The predicted octanol–water partition coefficient (Wildman–Crippen LogP) is 3.87. The van der Waals surface area contributed by atoms with E-state index < -0.39 is 17.6 Å². The van der Waals surface area contributed by atoms with Crippen LogP contribution in [0.15, 0.2) is 72.8 Å². The molecule has 0 spiro atoms. The molecule has 0 aromatic heterocycles. The second-order valence-electron chi connectivity index (χ2n) is 6.41. The molecular weight excluding hydrogens is 359 g/mol. The van der Waals surface area contributed by atoms with Crippen LogP contribution >= 0.6 is 0 Å². The summed E-state index contributed by atoms with van der Waals surface area (Å²) in [4.78, 5) is 38.9. The number of anilines is 1. The molecule has 0 bridgehead atoms. The summed E-state index contributed by atoms with van der Waals surface area (Å²) in [5.41, 5.74) is 1.81. The van der Waals surface area contributed by atoms with Crippen molar-refractivity contribution in [2.45, 2.75) is 6.54 Å². The van der Waals surface area contributed by atoms with Gasteiger partial charge in [0.05, 0.1) is 17.7 Å². The number of nitrogens with zero attached hydrogens (tertiary/aromatic N) is 1. The van der Waals surface area contributed by atoms with Gasteiger partial charge >= 0.3 is 0 Å². The second kappa shape index (κ2) is 7.08. The van der Waals surface area contributed by atoms with Crippen LogP contribution in [0.5, 0.6) is 0 Å². The molecule has 28 heavy (non-hydrogen) atoms. The van der Waals surface area contributed by atoms with E-state index >= 15 is 0 Å². The van der Waals surface area contributed by atoms with E-state index in [1.165, 1.54) is 36.4 Å². The third-order valence-electron chi connectivity index (χ3n) is 4.50. The number of fused-ring (bicyclic) bond motifs is 1. The minimum Gasteiger partial charge on any atom is -0.322 e. The number of rotatable bonds is 4. The Labute approximate surface area is 160 Å². The van der Waals surface area contributed by atoms with Gasteiger partial charge in [0.2, 0.25) is 0 Å². The van der Waals surface area contributed by atoms with Gasteiger partial charge in [-0.15, -0.1) is 0 Å². The standard InChI is InChI=1S/C22H15FN2O3/c23-16-7-4-8-17(12-16)24-20(26)15-9-10-18-19(11-15)22(28)25(21(18)27)13-14-5-2-1-3-6-14/h1-12H,13H2,(H,24,26). The first-order chi connectivity index (χ1) is 13.5. The van der Waals surface area contributed by atoms with E-state index in [9.17, 15) is 18.8 Å². The molecule has 0 fully saturated rings. The van der Waals surface area contributed by atoms with E-state index in [-0.39, 0.29) is 29.1 Å². The third kappa shape index (κ3) is 3.27. The number of nitrogens with one attached hydrogen (secondary N) is 1. The predicted molar refractivity (Wildman–Crippen MR) is 101 cm³/mol. The Morgan fingerprint density at radius 3 is 2.36 bits per heavy atom. The molecule has 1 N–H and O–H groups in total. The van der Waals surface area contributed by atoms with E-state index in [2.05, 4.69) is 5.32 Å². The second-order valence-corrected chi connectivity index (χ2v) is 6.41. The molecule has 1 aliphatic rings. The summed E-state index contributed by atoms with van der Waals surface area (Å²) in [6.45, 7) is 0.165. The largest absolute Gasteiger partial charge is 0.322 e. The van der Waals surface area contributed by atoms with Gasteiger partial charge in [-0.3, -0.25) is 19.3 Å². The third-order valence-corrected chi connectivity index (χ3v) is 4.50. The number of hydrogen-bond acceptors (Lipinski definition) is 3. The lowest BCUT2D eigenvalue weighted by atomic mass is 10.1. The lowest BCUT2D eigenvalue weighted by molar-refractivity contribution is 0.0642. The van der Waals surface area contributed by atoms with Gasteiger partial charge in [-0.05, 0) is 42.0 Å². The summed E-state index contributed by atoms with van der Waals surface area (Å²) in [6, 6.07) is 19.1. The van der Waals surface area contributed by atoms with Crippen LogP contribution in [0, 0.1) is 5.82 Å². The highest BCUT2D eigenvalue weighted by Crippen LogP contribution is 2.26. The highest BCUT2D eigenvalue weighted by molar-refractivity contribution is 6.22. The molecule has 1 aliphatic heterocycles.